The van der Waals surface area contributed by atoms with Crippen LogP contribution >= 0.6 is 11.3 Å². The summed E-state index contributed by atoms with van der Waals surface area (Å²) in [5, 5.41) is 9.13. The number of carbonyl (C=O) groups is 1. The molecule has 1 fully saturated rings. The fraction of sp³-hybridized carbons (Fsp3) is 0.500. The number of carbonyl (C=O) groups excluding carboxylic acids is 1. The van der Waals surface area contributed by atoms with Gasteiger partial charge in [0.15, 0.2) is 0 Å². The molecule has 6 nitrogen and oxygen atoms in total. The molecule has 112 valence electrons. The molecule has 0 bridgehead atoms. The maximum Gasteiger partial charge on any atom is 0.226 e. The second-order valence-electron chi connectivity index (χ2n) is 5.19. The molecule has 0 unspecified atom stereocenters. The number of thiazole rings is 1. The molecule has 0 aliphatic carbocycles. The van der Waals surface area contributed by atoms with Gasteiger partial charge in [0.25, 0.3) is 0 Å². The molecule has 1 N–H and O–H groups in total. The molecule has 21 heavy (non-hydrogen) atoms. The van der Waals surface area contributed by atoms with Gasteiger partial charge in [-0.05, 0) is 13.3 Å². The Labute approximate surface area is 127 Å². The van der Waals surface area contributed by atoms with Crippen molar-refractivity contribution in [2.45, 2.75) is 26.0 Å². The second-order valence-corrected chi connectivity index (χ2v) is 5.91. The fourth-order valence-electron chi connectivity index (χ4n) is 2.59. The maximum atomic E-state index is 12.4. The van der Waals surface area contributed by atoms with E-state index in [9.17, 15) is 4.79 Å². The Morgan fingerprint density at radius 1 is 1.62 bits per heavy atom. The van der Waals surface area contributed by atoms with Crippen LogP contribution in [0, 0.1) is 12.8 Å². The molecule has 3 heterocycles. The summed E-state index contributed by atoms with van der Waals surface area (Å²) in [6.07, 6.45) is 2.34. The quantitative estimate of drug-likeness (QED) is 0.931. The van der Waals surface area contributed by atoms with Gasteiger partial charge >= 0.3 is 0 Å². The molecule has 1 saturated heterocycles. The maximum absolute atomic E-state index is 12.4. The van der Waals surface area contributed by atoms with Crippen LogP contribution in [-0.2, 0) is 23.1 Å². The van der Waals surface area contributed by atoms with Gasteiger partial charge in [0.1, 0.15) is 0 Å². The number of rotatable bonds is 4. The molecule has 3 rings (SSSR count). The predicted octanol–water partition coefficient (Wildman–Crippen LogP) is 1.58. The van der Waals surface area contributed by atoms with Crippen LogP contribution in [0.2, 0.25) is 0 Å². The highest BCUT2D eigenvalue weighted by molar-refractivity contribution is 7.07. The summed E-state index contributed by atoms with van der Waals surface area (Å²) in [6, 6.07) is 0. The van der Waals surface area contributed by atoms with Gasteiger partial charge in [-0.2, -0.15) is 5.10 Å². The monoisotopic (exact) mass is 306 g/mol. The molecule has 7 heteroatoms. The highest BCUT2D eigenvalue weighted by atomic mass is 32.1. The first-order chi connectivity index (χ1) is 10.2. The van der Waals surface area contributed by atoms with E-state index in [1.165, 1.54) is 11.3 Å². The van der Waals surface area contributed by atoms with Gasteiger partial charge in [0, 0.05) is 30.3 Å². The van der Waals surface area contributed by atoms with Crippen molar-refractivity contribution in [2.24, 2.45) is 13.0 Å². The van der Waals surface area contributed by atoms with Crippen LogP contribution < -0.4 is 5.32 Å². The average molecular weight is 306 g/mol. The number of nitrogens with one attached hydrogen (secondary N) is 1. The third-order valence-corrected chi connectivity index (χ3v) is 4.57. The lowest BCUT2D eigenvalue weighted by molar-refractivity contribution is -0.127. The van der Waals surface area contributed by atoms with Crippen molar-refractivity contribution in [1.82, 2.24) is 20.1 Å². The minimum Gasteiger partial charge on any atom is -0.373 e. The molecule has 0 spiro atoms. The van der Waals surface area contributed by atoms with Crippen LogP contribution in [0.25, 0.3) is 0 Å². The SMILES string of the molecule is Cc1c([C@H]2OCC[C@@H]2C(=O)NCc2cscn2)cnn1C. The van der Waals surface area contributed by atoms with E-state index in [1.807, 2.05) is 19.4 Å². The molecule has 0 radical (unpaired) electrons. The van der Waals surface area contributed by atoms with Crippen LogP contribution in [-0.4, -0.2) is 27.3 Å². The molecule has 0 saturated carbocycles. The zero-order valence-corrected chi connectivity index (χ0v) is 12.9. The highest BCUT2D eigenvalue weighted by Crippen LogP contribution is 2.36. The summed E-state index contributed by atoms with van der Waals surface area (Å²) in [5.41, 5.74) is 4.70. The molecule has 0 aromatic carbocycles. The third kappa shape index (κ3) is 2.84. The van der Waals surface area contributed by atoms with E-state index in [1.54, 1.807) is 16.4 Å². The Kier molecular flexibility index (Phi) is 4.03. The van der Waals surface area contributed by atoms with Gasteiger partial charge < -0.3 is 10.1 Å². The zero-order chi connectivity index (χ0) is 14.8. The number of aryl methyl sites for hydroxylation is 1. The molecule has 2 aromatic heterocycles. The van der Waals surface area contributed by atoms with Crippen LogP contribution in [0.3, 0.4) is 0 Å². The molecule has 2 atom stereocenters. The number of amides is 1. The summed E-state index contributed by atoms with van der Waals surface area (Å²) >= 11 is 1.53. The Hall–Kier alpha value is -1.73. The Morgan fingerprint density at radius 2 is 2.48 bits per heavy atom. The number of hydrogen-bond acceptors (Lipinski definition) is 5. The molecular formula is C14H18N4O2S. The number of nitrogens with zero attached hydrogens (tertiary/aromatic N) is 3. The summed E-state index contributed by atoms with van der Waals surface area (Å²) in [6.45, 7) is 3.07. The topological polar surface area (TPSA) is 69.0 Å². The standard InChI is InChI=1S/C14H18N4O2S/c1-9-12(6-17-18(9)2)13-11(3-4-20-13)14(19)15-5-10-7-21-8-16-10/h6-8,11,13H,3-5H2,1-2H3,(H,15,19)/t11-,13-/m0/s1. The Bertz CT molecular complexity index is 623. The molecular weight excluding hydrogens is 288 g/mol. The summed E-state index contributed by atoms with van der Waals surface area (Å²) in [4.78, 5) is 16.6. The van der Waals surface area contributed by atoms with E-state index < -0.39 is 0 Å². The Balaban J connectivity index is 1.68. The van der Waals surface area contributed by atoms with E-state index in [4.69, 9.17) is 4.74 Å². The summed E-state index contributed by atoms with van der Waals surface area (Å²) in [7, 11) is 1.89. The van der Waals surface area contributed by atoms with Crippen LogP contribution in [0.1, 0.15) is 29.5 Å². The van der Waals surface area contributed by atoms with Crippen LogP contribution in [0.15, 0.2) is 17.1 Å². The molecule has 2 aromatic rings. The predicted molar refractivity (Wildman–Crippen MR) is 78.7 cm³/mol. The highest BCUT2D eigenvalue weighted by Gasteiger charge is 2.36. The van der Waals surface area contributed by atoms with Crippen molar-refractivity contribution < 1.29 is 9.53 Å². The van der Waals surface area contributed by atoms with Crippen molar-refractivity contribution >= 4 is 17.2 Å². The zero-order valence-electron chi connectivity index (χ0n) is 12.1. The van der Waals surface area contributed by atoms with E-state index >= 15 is 0 Å². The fourth-order valence-corrected chi connectivity index (χ4v) is 3.15. The van der Waals surface area contributed by atoms with Crippen LogP contribution in [0.5, 0.6) is 0 Å². The molecule has 1 aliphatic heterocycles. The van der Waals surface area contributed by atoms with E-state index in [0.717, 1.165) is 23.4 Å². The minimum atomic E-state index is -0.200. The Morgan fingerprint density at radius 3 is 3.14 bits per heavy atom. The largest absolute Gasteiger partial charge is 0.373 e. The lowest BCUT2D eigenvalue weighted by Crippen LogP contribution is -2.32. The summed E-state index contributed by atoms with van der Waals surface area (Å²) < 4.78 is 7.58. The van der Waals surface area contributed by atoms with E-state index in [-0.39, 0.29) is 17.9 Å². The van der Waals surface area contributed by atoms with E-state index in [0.29, 0.717) is 13.2 Å². The van der Waals surface area contributed by atoms with Crippen molar-refractivity contribution in [3.63, 3.8) is 0 Å². The third-order valence-electron chi connectivity index (χ3n) is 3.94. The number of aromatic nitrogens is 3. The lowest BCUT2D eigenvalue weighted by atomic mass is 9.95. The van der Waals surface area contributed by atoms with Crippen LogP contribution in [0.4, 0.5) is 0 Å². The van der Waals surface area contributed by atoms with Gasteiger partial charge in [0.05, 0.1) is 36.0 Å². The second kappa shape index (κ2) is 5.95. The average Bonchev–Trinajstić information content (AvgIpc) is 3.19. The minimum absolute atomic E-state index is 0.0220. The van der Waals surface area contributed by atoms with Gasteiger partial charge in [-0.3, -0.25) is 9.48 Å². The van der Waals surface area contributed by atoms with Gasteiger partial charge in [-0.15, -0.1) is 11.3 Å². The van der Waals surface area contributed by atoms with Crippen molar-refractivity contribution in [1.29, 1.82) is 0 Å². The van der Waals surface area contributed by atoms with Gasteiger partial charge in [-0.25, -0.2) is 4.98 Å². The van der Waals surface area contributed by atoms with Crippen molar-refractivity contribution in [3.05, 3.63) is 34.0 Å². The first kappa shape index (κ1) is 14.2. The first-order valence-corrected chi connectivity index (χ1v) is 7.86. The number of ether oxygens (including phenoxy) is 1. The van der Waals surface area contributed by atoms with Gasteiger partial charge in [0.2, 0.25) is 5.91 Å². The smallest absolute Gasteiger partial charge is 0.226 e. The number of hydrogen-bond donors (Lipinski definition) is 1. The normalized spacial score (nSPS) is 21.6. The van der Waals surface area contributed by atoms with Crippen molar-refractivity contribution in [2.75, 3.05) is 6.61 Å². The lowest BCUT2D eigenvalue weighted by Gasteiger charge is -2.17. The molecule has 1 aliphatic rings. The molecule has 1 amide bonds. The van der Waals surface area contributed by atoms with Crippen molar-refractivity contribution in [3.8, 4) is 0 Å². The first-order valence-electron chi connectivity index (χ1n) is 6.91. The van der Waals surface area contributed by atoms with Gasteiger partial charge in [-0.1, -0.05) is 0 Å². The van der Waals surface area contributed by atoms with E-state index in [2.05, 4.69) is 15.4 Å². The summed E-state index contributed by atoms with van der Waals surface area (Å²) in [5.74, 6) is -0.139.